The molecular formula is C22H21N3O5. The predicted octanol–water partition coefficient (Wildman–Crippen LogP) is 3.20. The van der Waals surface area contributed by atoms with Crippen molar-refractivity contribution in [3.63, 3.8) is 0 Å². The molecule has 0 radical (unpaired) electrons. The maximum Gasteiger partial charge on any atom is 0.361 e. The molecule has 1 aromatic heterocycles. The molecule has 3 rings (SSSR count). The molecule has 3 aromatic rings. The van der Waals surface area contributed by atoms with Crippen LogP contribution >= 0.6 is 0 Å². The van der Waals surface area contributed by atoms with E-state index >= 15 is 0 Å². The van der Waals surface area contributed by atoms with Crippen molar-refractivity contribution in [3.05, 3.63) is 71.6 Å². The zero-order valence-electron chi connectivity index (χ0n) is 16.6. The number of aryl methyl sites for hydroxylation is 1. The van der Waals surface area contributed by atoms with Gasteiger partial charge in [-0.3, -0.25) is 9.59 Å². The van der Waals surface area contributed by atoms with Crippen molar-refractivity contribution in [2.24, 2.45) is 0 Å². The summed E-state index contributed by atoms with van der Waals surface area (Å²) >= 11 is 0. The van der Waals surface area contributed by atoms with Gasteiger partial charge in [0.1, 0.15) is 5.76 Å². The van der Waals surface area contributed by atoms with E-state index in [1.165, 1.54) is 0 Å². The first-order chi connectivity index (χ1) is 14.5. The van der Waals surface area contributed by atoms with Crippen LogP contribution in [0.25, 0.3) is 11.5 Å². The zero-order valence-corrected chi connectivity index (χ0v) is 16.6. The number of aromatic nitrogens is 1. The number of carbonyl (C=O) groups is 3. The Morgan fingerprint density at radius 3 is 2.57 bits per heavy atom. The summed E-state index contributed by atoms with van der Waals surface area (Å²) in [6.07, 6.45) is 0. The summed E-state index contributed by atoms with van der Waals surface area (Å²) in [5.41, 5.74) is 1.58. The van der Waals surface area contributed by atoms with Crippen molar-refractivity contribution in [3.8, 4) is 11.5 Å². The van der Waals surface area contributed by atoms with Gasteiger partial charge in [-0.25, -0.2) is 9.78 Å². The second-order valence-electron chi connectivity index (χ2n) is 6.35. The summed E-state index contributed by atoms with van der Waals surface area (Å²) < 4.78 is 10.6. The summed E-state index contributed by atoms with van der Waals surface area (Å²) in [6, 6.07) is 15.6. The summed E-state index contributed by atoms with van der Waals surface area (Å²) in [5.74, 6) is -0.943. The maximum absolute atomic E-state index is 12.3. The monoisotopic (exact) mass is 407 g/mol. The number of carbonyl (C=O) groups excluding carboxylic acids is 3. The molecule has 0 saturated carbocycles. The quantitative estimate of drug-likeness (QED) is 0.582. The SMILES string of the molecule is CCNC(=O)c1cccc(NC(=O)COC(=O)c2nc(-c3ccccc3)oc2C)c1. The highest BCUT2D eigenvalue weighted by atomic mass is 16.5. The van der Waals surface area contributed by atoms with Gasteiger partial charge in [0, 0.05) is 23.4 Å². The van der Waals surface area contributed by atoms with Crippen LogP contribution in [0.2, 0.25) is 0 Å². The molecule has 0 unspecified atom stereocenters. The summed E-state index contributed by atoms with van der Waals surface area (Å²) in [7, 11) is 0. The van der Waals surface area contributed by atoms with E-state index in [-0.39, 0.29) is 11.6 Å². The molecule has 0 fully saturated rings. The van der Waals surface area contributed by atoms with E-state index in [0.717, 1.165) is 5.56 Å². The number of benzene rings is 2. The molecule has 30 heavy (non-hydrogen) atoms. The van der Waals surface area contributed by atoms with Gasteiger partial charge in [0.25, 0.3) is 11.8 Å². The third-order valence-electron chi connectivity index (χ3n) is 4.09. The Balaban J connectivity index is 1.59. The lowest BCUT2D eigenvalue weighted by Gasteiger charge is -2.08. The molecule has 2 aromatic carbocycles. The van der Waals surface area contributed by atoms with Crippen LogP contribution in [0.3, 0.4) is 0 Å². The molecular weight excluding hydrogens is 386 g/mol. The van der Waals surface area contributed by atoms with Gasteiger partial charge in [-0.05, 0) is 44.2 Å². The second kappa shape index (κ2) is 9.51. The summed E-state index contributed by atoms with van der Waals surface area (Å²) in [4.78, 5) is 40.5. The van der Waals surface area contributed by atoms with Crippen LogP contribution in [0.1, 0.15) is 33.5 Å². The van der Waals surface area contributed by atoms with Crippen LogP contribution in [-0.2, 0) is 9.53 Å². The minimum Gasteiger partial charge on any atom is -0.451 e. The van der Waals surface area contributed by atoms with Crippen LogP contribution in [0.15, 0.2) is 59.0 Å². The molecule has 8 heteroatoms. The smallest absolute Gasteiger partial charge is 0.361 e. The number of ether oxygens (including phenoxy) is 1. The first-order valence-electron chi connectivity index (χ1n) is 9.36. The molecule has 0 aliphatic carbocycles. The van der Waals surface area contributed by atoms with E-state index in [4.69, 9.17) is 9.15 Å². The lowest BCUT2D eigenvalue weighted by molar-refractivity contribution is -0.119. The third kappa shape index (κ3) is 5.11. The summed E-state index contributed by atoms with van der Waals surface area (Å²) in [6.45, 7) is 3.41. The van der Waals surface area contributed by atoms with Crippen molar-refractivity contribution in [1.29, 1.82) is 0 Å². The number of rotatable bonds is 7. The Kier molecular flexibility index (Phi) is 6.59. The molecule has 2 amide bonds. The van der Waals surface area contributed by atoms with Gasteiger partial charge in [0.2, 0.25) is 5.89 Å². The van der Waals surface area contributed by atoms with Crippen LogP contribution in [-0.4, -0.2) is 35.9 Å². The van der Waals surface area contributed by atoms with Gasteiger partial charge in [-0.15, -0.1) is 0 Å². The van der Waals surface area contributed by atoms with Crippen LogP contribution in [0, 0.1) is 6.92 Å². The Bertz CT molecular complexity index is 1060. The number of oxazole rings is 1. The number of nitrogens with zero attached hydrogens (tertiary/aromatic N) is 1. The van der Waals surface area contributed by atoms with Crippen LogP contribution in [0.5, 0.6) is 0 Å². The fraction of sp³-hybridized carbons (Fsp3) is 0.182. The second-order valence-corrected chi connectivity index (χ2v) is 6.35. The number of amides is 2. The van der Waals surface area contributed by atoms with Crippen LogP contribution < -0.4 is 10.6 Å². The first-order valence-corrected chi connectivity index (χ1v) is 9.36. The minimum absolute atomic E-state index is 0.0138. The van der Waals surface area contributed by atoms with Crippen molar-refractivity contribution < 1.29 is 23.5 Å². The van der Waals surface area contributed by atoms with Crippen LogP contribution in [0.4, 0.5) is 5.69 Å². The Morgan fingerprint density at radius 2 is 1.83 bits per heavy atom. The van der Waals surface area contributed by atoms with Gasteiger partial charge in [0.05, 0.1) is 0 Å². The van der Waals surface area contributed by atoms with E-state index in [1.54, 1.807) is 31.2 Å². The summed E-state index contributed by atoms with van der Waals surface area (Å²) in [5, 5.41) is 5.27. The third-order valence-corrected chi connectivity index (χ3v) is 4.09. The molecule has 0 aliphatic heterocycles. The van der Waals surface area contributed by atoms with E-state index in [2.05, 4.69) is 15.6 Å². The fourth-order valence-electron chi connectivity index (χ4n) is 2.69. The van der Waals surface area contributed by atoms with Crippen molar-refractivity contribution in [2.75, 3.05) is 18.5 Å². The number of hydrogen-bond donors (Lipinski definition) is 2. The molecule has 1 heterocycles. The number of hydrogen-bond acceptors (Lipinski definition) is 6. The molecule has 0 atom stereocenters. The average molecular weight is 407 g/mol. The van der Waals surface area contributed by atoms with Crippen molar-refractivity contribution >= 4 is 23.5 Å². The van der Waals surface area contributed by atoms with Gasteiger partial charge in [-0.2, -0.15) is 0 Å². The largest absolute Gasteiger partial charge is 0.451 e. The number of anilines is 1. The van der Waals surface area contributed by atoms with E-state index in [1.807, 2.05) is 37.3 Å². The normalized spacial score (nSPS) is 10.3. The highest BCUT2D eigenvalue weighted by Crippen LogP contribution is 2.21. The fourth-order valence-corrected chi connectivity index (χ4v) is 2.69. The standard InChI is InChI=1S/C22H21N3O5/c1-3-23-20(27)16-10-7-11-17(12-16)24-18(26)13-29-22(28)19-14(2)30-21(25-19)15-8-5-4-6-9-15/h4-12H,3,13H2,1-2H3,(H,23,27)(H,24,26). The zero-order chi connectivity index (χ0) is 21.5. The van der Waals surface area contributed by atoms with E-state index in [0.29, 0.717) is 29.4 Å². The van der Waals surface area contributed by atoms with Gasteiger partial charge >= 0.3 is 5.97 Å². The molecule has 0 spiro atoms. The number of nitrogens with one attached hydrogen (secondary N) is 2. The molecule has 0 bridgehead atoms. The first kappa shape index (κ1) is 20.8. The van der Waals surface area contributed by atoms with E-state index in [9.17, 15) is 14.4 Å². The highest BCUT2D eigenvalue weighted by molar-refractivity contribution is 5.98. The average Bonchev–Trinajstić information content (AvgIpc) is 3.15. The van der Waals surface area contributed by atoms with Crippen molar-refractivity contribution in [1.82, 2.24) is 10.3 Å². The lowest BCUT2D eigenvalue weighted by Crippen LogP contribution is -2.23. The topological polar surface area (TPSA) is 111 Å². The molecule has 0 aliphatic rings. The molecule has 2 N–H and O–H groups in total. The molecule has 0 saturated heterocycles. The van der Waals surface area contributed by atoms with Gasteiger partial charge in [0.15, 0.2) is 12.3 Å². The van der Waals surface area contributed by atoms with Crippen molar-refractivity contribution in [2.45, 2.75) is 13.8 Å². The van der Waals surface area contributed by atoms with Gasteiger partial charge in [-0.1, -0.05) is 24.3 Å². The van der Waals surface area contributed by atoms with E-state index < -0.39 is 18.5 Å². The van der Waals surface area contributed by atoms with Gasteiger partial charge < -0.3 is 19.8 Å². The maximum atomic E-state index is 12.3. The predicted molar refractivity (Wildman–Crippen MR) is 110 cm³/mol. The Labute approximate surface area is 173 Å². The number of esters is 1. The molecule has 154 valence electrons. The minimum atomic E-state index is -0.760. The molecule has 8 nitrogen and oxygen atoms in total. The Morgan fingerprint density at radius 1 is 1.07 bits per heavy atom. The lowest BCUT2D eigenvalue weighted by atomic mass is 10.2. The highest BCUT2D eigenvalue weighted by Gasteiger charge is 2.20. The Hall–Kier alpha value is -3.94.